The van der Waals surface area contributed by atoms with Crippen LogP contribution in [0.2, 0.25) is 0 Å². The standard InChI is InChI=1S/C15H20N2O2/c1-17(2)11-8-6-10(7-9-11)15-16-14(18)12-4-3-5-13(12)19-15/h6-9,12-13,15H,3-5H2,1-2H3,(H,16,18)/t12-,13+,15-/m1/s1. The molecule has 3 rings (SSSR count). The van der Waals surface area contributed by atoms with Crippen LogP contribution in [0.5, 0.6) is 0 Å². The van der Waals surface area contributed by atoms with Crippen molar-refractivity contribution in [3.05, 3.63) is 29.8 Å². The van der Waals surface area contributed by atoms with Gasteiger partial charge in [0, 0.05) is 25.3 Å². The Morgan fingerprint density at radius 1 is 1.21 bits per heavy atom. The second kappa shape index (κ2) is 4.85. The zero-order valence-electron chi connectivity index (χ0n) is 11.4. The molecule has 3 atom stereocenters. The molecule has 1 aromatic rings. The molecule has 0 aromatic heterocycles. The van der Waals surface area contributed by atoms with Crippen LogP contribution in [0.3, 0.4) is 0 Å². The van der Waals surface area contributed by atoms with Gasteiger partial charge in [0.25, 0.3) is 0 Å². The molecule has 1 saturated carbocycles. The lowest BCUT2D eigenvalue weighted by atomic mass is 10.0. The zero-order valence-corrected chi connectivity index (χ0v) is 11.4. The quantitative estimate of drug-likeness (QED) is 0.885. The largest absolute Gasteiger partial charge is 0.378 e. The second-order valence-corrected chi connectivity index (χ2v) is 5.59. The lowest BCUT2D eigenvalue weighted by molar-refractivity contribution is -0.150. The molecule has 0 radical (unpaired) electrons. The summed E-state index contributed by atoms with van der Waals surface area (Å²) >= 11 is 0. The van der Waals surface area contributed by atoms with Crippen molar-refractivity contribution < 1.29 is 9.53 Å². The predicted molar refractivity (Wildman–Crippen MR) is 73.9 cm³/mol. The lowest BCUT2D eigenvalue weighted by Crippen LogP contribution is -2.46. The Balaban J connectivity index is 1.77. The zero-order chi connectivity index (χ0) is 13.4. The van der Waals surface area contributed by atoms with Gasteiger partial charge in [0.2, 0.25) is 5.91 Å². The molecule has 102 valence electrons. The summed E-state index contributed by atoms with van der Waals surface area (Å²) in [6.45, 7) is 0. The number of nitrogens with one attached hydrogen (secondary N) is 1. The van der Waals surface area contributed by atoms with Crippen molar-refractivity contribution in [1.82, 2.24) is 5.32 Å². The van der Waals surface area contributed by atoms with Crippen molar-refractivity contribution in [2.45, 2.75) is 31.6 Å². The number of nitrogens with zero attached hydrogens (tertiary/aromatic N) is 1. The van der Waals surface area contributed by atoms with Gasteiger partial charge >= 0.3 is 0 Å². The third kappa shape index (κ3) is 2.32. The van der Waals surface area contributed by atoms with Gasteiger partial charge < -0.3 is 15.0 Å². The Morgan fingerprint density at radius 2 is 1.95 bits per heavy atom. The van der Waals surface area contributed by atoms with Crippen LogP contribution in [0.25, 0.3) is 0 Å². The Morgan fingerprint density at radius 3 is 2.63 bits per heavy atom. The summed E-state index contributed by atoms with van der Waals surface area (Å²) in [4.78, 5) is 14.1. The fraction of sp³-hybridized carbons (Fsp3) is 0.533. The van der Waals surface area contributed by atoms with Gasteiger partial charge in [-0.15, -0.1) is 0 Å². The van der Waals surface area contributed by atoms with E-state index in [1.165, 1.54) is 0 Å². The van der Waals surface area contributed by atoms with Crippen LogP contribution >= 0.6 is 0 Å². The van der Waals surface area contributed by atoms with Crippen LogP contribution in [0.1, 0.15) is 31.1 Å². The van der Waals surface area contributed by atoms with Crippen LogP contribution in [-0.4, -0.2) is 26.1 Å². The second-order valence-electron chi connectivity index (χ2n) is 5.59. The van der Waals surface area contributed by atoms with E-state index < -0.39 is 0 Å². The van der Waals surface area contributed by atoms with Gasteiger partial charge in [0.15, 0.2) is 6.23 Å². The monoisotopic (exact) mass is 260 g/mol. The molecular weight excluding hydrogens is 240 g/mol. The number of anilines is 1. The average molecular weight is 260 g/mol. The average Bonchev–Trinajstić information content (AvgIpc) is 2.87. The number of hydrogen-bond donors (Lipinski definition) is 1. The highest BCUT2D eigenvalue weighted by atomic mass is 16.5. The summed E-state index contributed by atoms with van der Waals surface area (Å²) in [6, 6.07) is 8.14. The van der Waals surface area contributed by atoms with Gasteiger partial charge in [0.1, 0.15) is 0 Å². The molecule has 19 heavy (non-hydrogen) atoms. The first kappa shape index (κ1) is 12.5. The summed E-state index contributed by atoms with van der Waals surface area (Å²) < 4.78 is 6.02. The Labute approximate surface area is 113 Å². The third-order valence-corrected chi connectivity index (χ3v) is 4.09. The van der Waals surface area contributed by atoms with E-state index in [4.69, 9.17) is 4.74 Å². The highest BCUT2D eigenvalue weighted by Gasteiger charge is 2.40. The summed E-state index contributed by atoms with van der Waals surface area (Å²) in [5.74, 6) is 0.215. The van der Waals surface area contributed by atoms with Crippen molar-refractivity contribution in [2.24, 2.45) is 5.92 Å². The number of rotatable bonds is 2. The number of hydrogen-bond acceptors (Lipinski definition) is 3. The number of carbonyl (C=O) groups is 1. The number of fused-ring (bicyclic) bond motifs is 1. The summed E-state index contributed by atoms with van der Waals surface area (Å²) in [5, 5.41) is 2.98. The maximum atomic E-state index is 12.0. The van der Waals surface area contributed by atoms with Crippen LogP contribution < -0.4 is 10.2 Å². The van der Waals surface area contributed by atoms with Crippen molar-refractivity contribution in [3.63, 3.8) is 0 Å². The highest BCUT2D eigenvalue weighted by molar-refractivity contribution is 5.80. The van der Waals surface area contributed by atoms with Gasteiger partial charge in [-0.3, -0.25) is 4.79 Å². The lowest BCUT2D eigenvalue weighted by Gasteiger charge is -2.33. The van der Waals surface area contributed by atoms with Gasteiger partial charge in [-0.05, 0) is 31.4 Å². The van der Waals surface area contributed by atoms with E-state index >= 15 is 0 Å². The molecule has 2 fully saturated rings. The summed E-state index contributed by atoms with van der Waals surface area (Å²) in [7, 11) is 4.02. The van der Waals surface area contributed by atoms with Gasteiger partial charge in [-0.1, -0.05) is 12.1 Å². The fourth-order valence-corrected chi connectivity index (χ4v) is 2.94. The number of ether oxygens (including phenoxy) is 1. The summed E-state index contributed by atoms with van der Waals surface area (Å²) in [5.41, 5.74) is 2.16. The summed E-state index contributed by atoms with van der Waals surface area (Å²) in [6.07, 6.45) is 2.87. The van der Waals surface area contributed by atoms with E-state index in [9.17, 15) is 4.79 Å². The van der Waals surface area contributed by atoms with E-state index in [2.05, 4.69) is 10.2 Å². The minimum atomic E-state index is -0.289. The molecule has 2 aliphatic rings. The number of carbonyl (C=O) groups excluding carboxylic acids is 1. The van der Waals surface area contributed by atoms with Crippen LogP contribution in [0.4, 0.5) is 5.69 Å². The SMILES string of the molecule is CN(C)c1ccc([C@@H]2NC(=O)[C@@H]3CCC[C@@H]3O2)cc1. The Hall–Kier alpha value is -1.55. The molecule has 1 saturated heterocycles. The molecule has 0 spiro atoms. The molecule has 0 bridgehead atoms. The van der Waals surface area contributed by atoms with E-state index in [1.807, 2.05) is 38.4 Å². The normalized spacial score (nSPS) is 29.8. The van der Waals surface area contributed by atoms with Crippen molar-refractivity contribution >= 4 is 11.6 Å². The minimum absolute atomic E-state index is 0.0669. The van der Waals surface area contributed by atoms with Gasteiger partial charge in [-0.25, -0.2) is 0 Å². The van der Waals surface area contributed by atoms with E-state index in [0.717, 1.165) is 30.5 Å². The first-order valence-corrected chi connectivity index (χ1v) is 6.88. The molecule has 1 amide bonds. The smallest absolute Gasteiger partial charge is 0.227 e. The van der Waals surface area contributed by atoms with Crippen LogP contribution in [0.15, 0.2) is 24.3 Å². The van der Waals surface area contributed by atoms with Gasteiger partial charge in [0.05, 0.1) is 12.0 Å². The molecule has 4 heteroatoms. The topological polar surface area (TPSA) is 41.6 Å². The molecule has 1 heterocycles. The molecule has 1 aliphatic carbocycles. The number of benzene rings is 1. The molecule has 1 aromatic carbocycles. The predicted octanol–water partition coefficient (Wildman–Crippen LogP) is 2.07. The molecule has 1 N–H and O–H groups in total. The maximum Gasteiger partial charge on any atom is 0.227 e. The van der Waals surface area contributed by atoms with Crippen molar-refractivity contribution in [3.8, 4) is 0 Å². The molecular formula is C15H20N2O2. The fourth-order valence-electron chi connectivity index (χ4n) is 2.94. The number of amides is 1. The van der Waals surface area contributed by atoms with E-state index in [1.54, 1.807) is 0 Å². The minimum Gasteiger partial charge on any atom is -0.378 e. The maximum absolute atomic E-state index is 12.0. The first-order valence-electron chi connectivity index (χ1n) is 6.88. The highest BCUT2D eigenvalue weighted by Crippen LogP contribution is 2.35. The van der Waals surface area contributed by atoms with Crippen molar-refractivity contribution in [1.29, 1.82) is 0 Å². The van der Waals surface area contributed by atoms with Gasteiger partial charge in [-0.2, -0.15) is 0 Å². The Bertz CT molecular complexity index is 470. The van der Waals surface area contributed by atoms with Crippen LogP contribution in [0, 0.1) is 5.92 Å². The van der Waals surface area contributed by atoms with E-state index in [0.29, 0.717) is 0 Å². The molecule has 4 nitrogen and oxygen atoms in total. The molecule has 1 aliphatic heterocycles. The van der Waals surface area contributed by atoms with E-state index in [-0.39, 0.29) is 24.2 Å². The molecule has 0 unspecified atom stereocenters. The van der Waals surface area contributed by atoms with Crippen molar-refractivity contribution in [2.75, 3.05) is 19.0 Å². The van der Waals surface area contributed by atoms with Crippen LogP contribution in [-0.2, 0) is 9.53 Å². The Kier molecular flexibility index (Phi) is 3.19. The first-order chi connectivity index (χ1) is 9.15. The third-order valence-electron chi connectivity index (χ3n) is 4.09.